The Balaban J connectivity index is 1.46. The molecule has 2 aliphatic heterocycles. The van der Waals surface area contributed by atoms with Crippen LogP contribution >= 0.6 is 11.8 Å². The minimum absolute atomic E-state index is 0.333. The van der Waals surface area contributed by atoms with Crippen molar-refractivity contribution in [1.82, 2.24) is 15.2 Å². The van der Waals surface area contributed by atoms with Gasteiger partial charge in [-0.3, -0.25) is 24.8 Å². The van der Waals surface area contributed by atoms with Gasteiger partial charge in [-0.15, -0.1) is 0 Å². The molecule has 3 aromatic rings. The summed E-state index contributed by atoms with van der Waals surface area (Å²) >= 11 is 0.931. The summed E-state index contributed by atoms with van der Waals surface area (Å²) in [6.45, 7) is 11.0. The molecule has 0 unspecified atom stereocenters. The van der Waals surface area contributed by atoms with E-state index in [1.807, 2.05) is 30.5 Å². The number of fused-ring (bicyclic) bond motifs is 1. The molecule has 7 heteroatoms. The Hall–Kier alpha value is -3.16. The molecule has 0 bridgehead atoms. The number of carbonyl (C=O) groups excluding carboxylic acids is 2. The summed E-state index contributed by atoms with van der Waals surface area (Å²) in [6.07, 6.45) is 3.59. The average molecular weight is 473 g/mol. The van der Waals surface area contributed by atoms with Crippen LogP contribution in [0.25, 0.3) is 28.1 Å². The molecule has 2 aromatic carbocycles. The third-order valence-corrected chi connectivity index (χ3v) is 7.41. The van der Waals surface area contributed by atoms with Gasteiger partial charge in [0.25, 0.3) is 11.1 Å². The largest absolute Gasteiger partial charge is 0.369 e. The SMILES string of the molecule is Cc1cc(-c2ccnc3ccc(C=C4SC(=O)NC4=O)cc23)ccc1N1CCN(C(C)C)CC1. The molecule has 5 rings (SSSR count). The van der Waals surface area contributed by atoms with Gasteiger partial charge in [-0.05, 0) is 91.2 Å². The van der Waals surface area contributed by atoms with Crippen LogP contribution in [0.5, 0.6) is 0 Å². The number of nitrogens with one attached hydrogen (secondary N) is 1. The fraction of sp³-hybridized carbons (Fsp3) is 0.296. The van der Waals surface area contributed by atoms with Crippen LogP contribution in [0.2, 0.25) is 0 Å². The molecule has 2 saturated heterocycles. The van der Waals surface area contributed by atoms with E-state index >= 15 is 0 Å². The highest BCUT2D eigenvalue weighted by Gasteiger charge is 2.25. The van der Waals surface area contributed by atoms with E-state index in [2.05, 4.69) is 59.1 Å². The van der Waals surface area contributed by atoms with Crippen LogP contribution in [0.15, 0.2) is 53.6 Å². The van der Waals surface area contributed by atoms with Crippen LogP contribution in [0.4, 0.5) is 10.5 Å². The van der Waals surface area contributed by atoms with Gasteiger partial charge in [0.05, 0.1) is 10.4 Å². The Bertz CT molecular complexity index is 1310. The molecule has 0 saturated carbocycles. The second kappa shape index (κ2) is 9.24. The zero-order chi connectivity index (χ0) is 23.8. The van der Waals surface area contributed by atoms with Gasteiger partial charge >= 0.3 is 0 Å². The van der Waals surface area contributed by atoms with Crippen LogP contribution < -0.4 is 10.2 Å². The molecule has 0 spiro atoms. The number of benzene rings is 2. The Labute approximate surface area is 204 Å². The Kier molecular flexibility index (Phi) is 6.15. The van der Waals surface area contributed by atoms with Gasteiger partial charge < -0.3 is 4.90 Å². The zero-order valence-corrected chi connectivity index (χ0v) is 20.5. The minimum Gasteiger partial charge on any atom is -0.369 e. The first kappa shape index (κ1) is 22.6. The molecule has 1 aromatic heterocycles. The molecule has 1 N–H and O–H groups in total. The van der Waals surface area contributed by atoms with Crippen molar-refractivity contribution >= 4 is 45.6 Å². The maximum Gasteiger partial charge on any atom is 0.290 e. The fourth-order valence-electron chi connectivity index (χ4n) is 4.73. The molecule has 2 fully saturated rings. The number of carbonyl (C=O) groups is 2. The first-order valence-electron chi connectivity index (χ1n) is 11.6. The predicted octanol–water partition coefficient (Wildman–Crippen LogP) is 5.06. The van der Waals surface area contributed by atoms with E-state index in [-0.39, 0.29) is 11.1 Å². The van der Waals surface area contributed by atoms with Crippen molar-refractivity contribution in [3.63, 3.8) is 0 Å². The molecular weight excluding hydrogens is 444 g/mol. The maximum absolute atomic E-state index is 12.0. The van der Waals surface area contributed by atoms with E-state index in [0.29, 0.717) is 10.9 Å². The van der Waals surface area contributed by atoms with Gasteiger partial charge in [0, 0.05) is 49.5 Å². The summed E-state index contributed by atoms with van der Waals surface area (Å²) in [7, 11) is 0. The quantitative estimate of drug-likeness (QED) is 0.535. The highest BCUT2D eigenvalue weighted by Crippen LogP contribution is 2.33. The fourth-order valence-corrected chi connectivity index (χ4v) is 5.42. The van der Waals surface area contributed by atoms with Gasteiger partial charge in [-0.2, -0.15) is 0 Å². The monoisotopic (exact) mass is 472 g/mol. The van der Waals surface area contributed by atoms with Gasteiger partial charge in [0.2, 0.25) is 0 Å². The highest BCUT2D eigenvalue weighted by molar-refractivity contribution is 8.18. The van der Waals surface area contributed by atoms with Gasteiger partial charge in [0.1, 0.15) is 0 Å². The summed E-state index contributed by atoms with van der Waals surface area (Å²) in [6, 6.07) is 15.2. The number of anilines is 1. The first-order chi connectivity index (χ1) is 16.4. The average Bonchev–Trinajstić information content (AvgIpc) is 3.15. The number of rotatable bonds is 4. The van der Waals surface area contributed by atoms with Crippen LogP contribution in [0, 0.1) is 6.92 Å². The van der Waals surface area contributed by atoms with E-state index in [9.17, 15) is 9.59 Å². The Morgan fingerprint density at radius 2 is 1.82 bits per heavy atom. The summed E-state index contributed by atoms with van der Waals surface area (Å²) in [5.74, 6) is -0.345. The minimum atomic E-state index is -0.345. The lowest BCUT2D eigenvalue weighted by molar-refractivity contribution is -0.115. The molecule has 174 valence electrons. The van der Waals surface area contributed by atoms with Crippen molar-refractivity contribution in [3.05, 3.63) is 64.7 Å². The number of hydrogen-bond acceptors (Lipinski definition) is 6. The van der Waals surface area contributed by atoms with Crippen molar-refractivity contribution in [1.29, 1.82) is 0 Å². The molecule has 3 heterocycles. The topological polar surface area (TPSA) is 65.5 Å². The van der Waals surface area contributed by atoms with Crippen molar-refractivity contribution in [2.75, 3.05) is 31.1 Å². The van der Waals surface area contributed by atoms with E-state index in [1.54, 1.807) is 6.08 Å². The lowest BCUT2D eigenvalue weighted by Crippen LogP contribution is -2.49. The zero-order valence-electron chi connectivity index (χ0n) is 19.7. The van der Waals surface area contributed by atoms with Gasteiger partial charge in [0.15, 0.2) is 0 Å². The lowest BCUT2D eigenvalue weighted by atomic mass is 9.97. The van der Waals surface area contributed by atoms with Crippen LogP contribution in [-0.2, 0) is 4.79 Å². The molecule has 0 aliphatic carbocycles. The lowest BCUT2D eigenvalue weighted by Gasteiger charge is -2.38. The standard InChI is InChI=1S/C27H28N4O2S/c1-17(2)30-10-12-31(13-11-30)24-7-5-20(14-18(24)3)21-8-9-28-23-6-4-19(15-22(21)23)16-25-26(32)29-27(33)34-25/h4-9,14-17H,10-13H2,1-3H3,(H,29,32,33). The van der Waals surface area contributed by atoms with Crippen molar-refractivity contribution in [3.8, 4) is 11.1 Å². The number of aromatic nitrogens is 1. The van der Waals surface area contributed by atoms with Gasteiger partial charge in [-0.1, -0.05) is 12.1 Å². The molecule has 2 aliphatic rings. The molecule has 2 amide bonds. The summed E-state index contributed by atoms with van der Waals surface area (Å²) in [4.78, 5) is 33.4. The Morgan fingerprint density at radius 3 is 2.50 bits per heavy atom. The summed E-state index contributed by atoms with van der Waals surface area (Å²) in [5.41, 5.74) is 6.56. The molecule has 0 atom stereocenters. The van der Waals surface area contributed by atoms with E-state index in [0.717, 1.165) is 65.5 Å². The second-order valence-electron chi connectivity index (χ2n) is 9.11. The normalized spacial score (nSPS) is 18.4. The molecule has 6 nitrogen and oxygen atoms in total. The number of nitrogens with zero attached hydrogens (tertiary/aromatic N) is 3. The number of hydrogen-bond donors (Lipinski definition) is 1. The third kappa shape index (κ3) is 4.45. The predicted molar refractivity (Wildman–Crippen MR) is 140 cm³/mol. The molecule has 34 heavy (non-hydrogen) atoms. The number of aryl methyl sites for hydroxylation is 1. The van der Waals surface area contributed by atoms with Crippen molar-refractivity contribution < 1.29 is 9.59 Å². The highest BCUT2D eigenvalue weighted by atomic mass is 32.2. The van der Waals surface area contributed by atoms with E-state index < -0.39 is 0 Å². The number of imide groups is 1. The number of pyridine rings is 1. The third-order valence-electron chi connectivity index (χ3n) is 6.60. The van der Waals surface area contributed by atoms with Crippen LogP contribution in [0.3, 0.4) is 0 Å². The second-order valence-corrected chi connectivity index (χ2v) is 10.1. The molecule has 0 radical (unpaired) electrons. The maximum atomic E-state index is 12.0. The van der Waals surface area contributed by atoms with Crippen molar-refractivity contribution in [2.45, 2.75) is 26.8 Å². The summed E-state index contributed by atoms with van der Waals surface area (Å²) in [5, 5.41) is 2.99. The smallest absolute Gasteiger partial charge is 0.290 e. The molecular formula is C27H28N4O2S. The van der Waals surface area contributed by atoms with E-state index in [1.165, 1.54) is 11.3 Å². The van der Waals surface area contributed by atoms with Crippen LogP contribution in [0.1, 0.15) is 25.0 Å². The van der Waals surface area contributed by atoms with Crippen molar-refractivity contribution in [2.24, 2.45) is 0 Å². The number of piperazine rings is 1. The van der Waals surface area contributed by atoms with Gasteiger partial charge in [-0.25, -0.2) is 0 Å². The van der Waals surface area contributed by atoms with E-state index in [4.69, 9.17) is 0 Å². The Morgan fingerprint density at radius 1 is 1.03 bits per heavy atom. The van der Waals surface area contributed by atoms with Crippen LogP contribution in [-0.4, -0.2) is 53.3 Å². The number of amides is 2. The first-order valence-corrected chi connectivity index (χ1v) is 12.4. The number of thioether (sulfide) groups is 1. The summed E-state index contributed by atoms with van der Waals surface area (Å²) < 4.78 is 0.